The average molecular weight is 405 g/mol. The molecule has 0 aliphatic carbocycles. The number of benzene rings is 2. The zero-order chi connectivity index (χ0) is 21.5. The fourth-order valence-corrected chi connectivity index (χ4v) is 2.70. The van der Waals surface area contributed by atoms with Gasteiger partial charge in [-0.2, -0.15) is 10.2 Å². The van der Waals surface area contributed by atoms with Crippen molar-refractivity contribution in [2.75, 3.05) is 31.8 Å². The van der Waals surface area contributed by atoms with Gasteiger partial charge in [0.05, 0.1) is 18.4 Å². The van der Waals surface area contributed by atoms with Crippen molar-refractivity contribution in [1.82, 2.24) is 9.97 Å². The second-order valence-electron chi connectivity index (χ2n) is 6.05. The number of nitrogens with zero attached hydrogens (tertiary/aromatic N) is 3. The number of anilines is 2. The molecular weight excluding hydrogens is 386 g/mol. The number of carbonyl (C=O) groups is 1. The summed E-state index contributed by atoms with van der Waals surface area (Å²) in [6.45, 7) is 0.511. The molecule has 152 valence electrons. The van der Waals surface area contributed by atoms with Gasteiger partial charge in [-0.3, -0.25) is 0 Å². The van der Waals surface area contributed by atoms with E-state index in [0.717, 1.165) is 0 Å². The van der Waals surface area contributed by atoms with Crippen LogP contribution in [0.1, 0.15) is 15.9 Å². The van der Waals surface area contributed by atoms with Crippen LogP contribution < -0.4 is 20.9 Å². The topological polar surface area (TPSA) is 146 Å². The molecule has 0 aliphatic heterocycles. The highest BCUT2D eigenvalue weighted by atomic mass is 16.5. The Morgan fingerprint density at radius 2 is 1.70 bits per heavy atom. The third-order valence-electron chi connectivity index (χ3n) is 4.05. The van der Waals surface area contributed by atoms with Crippen LogP contribution >= 0.6 is 0 Å². The molecule has 0 amide bonds. The van der Waals surface area contributed by atoms with Crippen molar-refractivity contribution in [3.05, 3.63) is 59.7 Å². The first kappa shape index (κ1) is 20.4. The van der Waals surface area contributed by atoms with E-state index in [1.165, 1.54) is 7.11 Å². The lowest BCUT2D eigenvalue weighted by atomic mass is 10.1. The molecule has 0 bridgehead atoms. The van der Waals surface area contributed by atoms with Crippen molar-refractivity contribution >= 4 is 17.7 Å². The van der Waals surface area contributed by atoms with Crippen LogP contribution in [0.25, 0.3) is 11.3 Å². The van der Waals surface area contributed by atoms with Crippen LogP contribution in [0.15, 0.2) is 48.5 Å². The SMILES string of the molecule is COC(=O)c1cccc(OCCOc2cccc(-c3nc(N)nc(N)c3C#N)c2)c1. The zero-order valence-corrected chi connectivity index (χ0v) is 16.2. The lowest BCUT2D eigenvalue weighted by Crippen LogP contribution is -2.10. The summed E-state index contributed by atoms with van der Waals surface area (Å²) in [4.78, 5) is 19.5. The zero-order valence-electron chi connectivity index (χ0n) is 16.2. The Kier molecular flexibility index (Phi) is 6.29. The number of hydrogen-bond acceptors (Lipinski definition) is 9. The normalized spacial score (nSPS) is 10.1. The van der Waals surface area contributed by atoms with Gasteiger partial charge in [0.1, 0.15) is 42.2 Å². The molecule has 0 atom stereocenters. The van der Waals surface area contributed by atoms with Crippen LogP contribution in [0.3, 0.4) is 0 Å². The van der Waals surface area contributed by atoms with Gasteiger partial charge in [-0.1, -0.05) is 18.2 Å². The number of hydrogen-bond donors (Lipinski definition) is 2. The van der Waals surface area contributed by atoms with E-state index in [9.17, 15) is 10.1 Å². The monoisotopic (exact) mass is 405 g/mol. The maximum absolute atomic E-state index is 11.6. The Morgan fingerprint density at radius 1 is 1.03 bits per heavy atom. The lowest BCUT2D eigenvalue weighted by molar-refractivity contribution is 0.0600. The maximum Gasteiger partial charge on any atom is 0.337 e. The third-order valence-corrected chi connectivity index (χ3v) is 4.05. The van der Waals surface area contributed by atoms with Gasteiger partial charge in [-0.25, -0.2) is 9.78 Å². The van der Waals surface area contributed by atoms with Crippen molar-refractivity contribution in [1.29, 1.82) is 5.26 Å². The minimum absolute atomic E-state index is 0.0181. The molecule has 3 rings (SSSR count). The van der Waals surface area contributed by atoms with Gasteiger partial charge < -0.3 is 25.7 Å². The molecule has 2 aromatic carbocycles. The van der Waals surface area contributed by atoms with Crippen LogP contribution in [0.2, 0.25) is 0 Å². The fourth-order valence-electron chi connectivity index (χ4n) is 2.70. The van der Waals surface area contributed by atoms with Crippen LogP contribution in [-0.2, 0) is 4.74 Å². The summed E-state index contributed by atoms with van der Waals surface area (Å²) in [5, 5.41) is 9.34. The predicted octanol–water partition coefficient (Wildman–Crippen LogP) is 2.42. The molecule has 1 heterocycles. The van der Waals surface area contributed by atoms with Crippen LogP contribution in [0.4, 0.5) is 11.8 Å². The minimum atomic E-state index is -0.434. The third kappa shape index (κ3) is 4.74. The Balaban J connectivity index is 1.65. The largest absolute Gasteiger partial charge is 0.490 e. The van der Waals surface area contributed by atoms with E-state index in [0.29, 0.717) is 28.3 Å². The molecule has 9 nitrogen and oxygen atoms in total. The van der Waals surface area contributed by atoms with Crippen molar-refractivity contribution < 1.29 is 19.0 Å². The van der Waals surface area contributed by atoms with Gasteiger partial charge in [0.25, 0.3) is 0 Å². The quantitative estimate of drug-likeness (QED) is 0.447. The molecule has 30 heavy (non-hydrogen) atoms. The molecule has 9 heteroatoms. The Morgan fingerprint density at radius 3 is 2.37 bits per heavy atom. The van der Waals surface area contributed by atoms with Crippen molar-refractivity contribution in [3.8, 4) is 28.8 Å². The molecule has 3 aromatic rings. The molecule has 1 aromatic heterocycles. The molecule has 0 spiro atoms. The molecule has 0 saturated heterocycles. The van der Waals surface area contributed by atoms with Gasteiger partial charge in [0, 0.05) is 5.56 Å². The molecule has 0 radical (unpaired) electrons. The Labute approximate surface area is 172 Å². The summed E-state index contributed by atoms with van der Waals surface area (Å²) in [6, 6.07) is 15.7. The highest BCUT2D eigenvalue weighted by Crippen LogP contribution is 2.28. The van der Waals surface area contributed by atoms with Crippen molar-refractivity contribution in [2.24, 2.45) is 0 Å². The lowest BCUT2D eigenvalue weighted by Gasteiger charge is -2.11. The number of carbonyl (C=O) groups excluding carboxylic acids is 1. The van der Waals surface area contributed by atoms with Crippen LogP contribution in [-0.4, -0.2) is 36.3 Å². The van der Waals surface area contributed by atoms with E-state index >= 15 is 0 Å². The first-order valence-electron chi connectivity index (χ1n) is 8.89. The number of rotatable bonds is 7. The fraction of sp³-hybridized carbons (Fsp3) is 0.143. The van der Waals surface area contributed by atoms with E-state index in [4.69, 9.17) is 20.9 Å². The molecule has 0 aliphatic rings. The highest BCUT2D eigenvalue weighted by molar-refractivity contribution is 5.89. The highest BCUT2D eigenvalue weighted by Gasteiger charge is 2.13. The summed E-state index contributed by atoms with van der Waals surface area (Å²) >= 11 is 0. The first-order chi connectivity index (χ1) is 14.5. The van der Waals surface area contributed by atoms with Gasteiger partial charge in [-0.15, -0.1) is 0 Å². The van der Waals surface area contributed by atoms with Gasteiger partial charge in [-0.05, 0) is 30.3 Å². The minimum Gasteiger partial charge on any atom is -0.490 e. The van der Waals surface area contributed by atoms with Gasteiger partial charge in [0.2, 0.25) is 5.95 Å². The van der Waals surface area contributed by atoms with E-state index in [-0.39, 0.29) is 30.5 Å². The first-order valence-corrected chi connectivity index (χ1v) is 8.89. The number of nitrogen functional groups attached to an aromatic ring is 2. The summed E-state index contributed by atoms with van der Waals surface area (Å²) < 4.78 is 16.0. The maximum atomic E-state index is 11.6. The van der Waals surface area contributed by atoms with Gasteiger partial charge >= 0.3 is 5.97 Å². The van der Waals surface area contributed by atoms with E-state index in [1.807, 2.05) is 6.07 Å². The van der Waals surface area contributed by atoms with Crippen LogP contribution in [0.5, 0.6) is 11.5 Å². The molecule has 0 fully saturated rings. The number of methoxy groups -OCH3 is 1. The van der Waals surface area contributed by atoms with Crippen LogP contribution in [0, 0.1) is 11.3 Å². The summed E-state index contributed by atoms with van der Waals surface area (Å²) in [5.41, 5.74) is 12.9. The number of esters is 1. The number of nitrogens with two attached hydrogens (primary N) is 2. The standard InChI is InChI=1S/C21H19N5O4/c1-28-20(27)14-5-3-7-16(11-14)30-9-8-29-15-6-2-4-13(10-15)18-17(12-22)19(23)26-21(24)25-18/h2-7,10-11H,8-9H2,1H3,(H4,23,24,25,26). The Bertz CT molecular complexity index is 1110. The molecule has 0 unspecified atom stereocenters. The molecular formula is C21H19N5O4. The molecule has 4 N–H and O–H groups in total. The summed E-state index contributed by atoms with van der Waals surface area (Å²) in [6.07, 6.45) is 0. The smallest absolute Gasteiger partial charge is 0.337 e. The van der Waals surface area contributed by atoms with E-state index in [1.54, 1.807) is 48.5 Å². The van der Waals surface area contributed by atoms with Crippen molar-refractivity contribution in [3.63, 3.8) is 0 Å². The second-order valence-corrected chi connectivity index (χ2v) is 6.05. The van der Waals surface area contributed by atoms with E-state index in [2.05, 4.69) is 14.7 Å². The second kappa shape index (κ2) is 9.25. The number of ether oxygens (including phenoxy) is 3. The number of aromatic nitrogens is 2. The molecule has 0 saturated carbocycles. The summed E-state index contributed by atoms with van der Waals surface area (Å²) in [7, 11) is 1.32. The summed E-state index contributed by atoms with van der Waals surface area (Å²) in [5.74, 6) is 0.653. The van der Waals surface area contributed by atoms with Crippen molar-refractivity contribution in [2.45, 2.75) is 0 Å². The average Bonchev–Trinajstić information content (AvgIpc) is 2.76. The van der Waals surface area contributed by atoms with Gasteiger partial charge in [0.15, 0.2) is 0 Å². The predicted molar refractivity (Wildman–Crippen MR) is 110 cm³/mol. The Hall–Kier alpha value is -4.32. The van der Waals surface area contributed by atoms with E-state index < -0.39 is 5.97 Å². The number of nitriles is 1.